The standard InChI is InChI=1S/C16H24N2O3/c1-13(19)2-7-16(20)17-15-5-3-14(4-6-15)12-18-8-10-21-11-9-18/h3-6,13,19H,2,7-12H2,1H3,(H,17,20). The SMILES string of the molecule is CC(O)CCC(=O)Nc1ccc(CN2CCOCC2)cc1. The summed E-state index contributed by atoms with van der Waals surface area (Å²) in [6, 6.07) is 7.94. The number of nitrogens with zero attached hydrogens (tertiary/aromatic N) is 1. The van der Waals surface area contributed by atoms with Crippen molar-refractivity contribution in [2.75, 3.05) is 31.6 Å². The summed E-state index contributed by atoms with van der Waals surface area (Å²) in [5.74, 6) is -0.0585. The summed E-state index contributed by atoms with van der Waals surface area (Å²) < 4.78 is 5.33. The summed E-state index contributed by atoms with van der Waals surface area (Å²) in [5, 5.41) is 12.0. The first-order chi connectivity index (χ1) is 10.1. The number of aliphatic hydroxyl groups is 1. The van der Waals surface area contributed by atoms with Gasteiger partial charge < -0.3 is 15.2 Å². The molecule has 0 saturated carbocycles. The Labute approximate surface area is 125 Å². The number of ether oxygens (including phenoxy) is 1. The third kappa shape index (κ3) is 5.83. The van der Waals surface area contributed by atoms with Gasteiger partial charge in [0.2, 0.25) is 5.91 Å². The zero-order valence-electron chi connectivity index (χ0n) is 12.5. The van der Waals surface area contributed by atoms with Gasteiger partial charge in [-0.2, -0.15) is 0 Å². The van der Waals surface area contributed by atoms with Crippen LogP contribution in [0.25, 0.3) is 0 Å². The predicted molar refractivity (Wildman–Crippen MR) is 82.1 cm³/mol. The van der Waals surface area contributed by atoms with E-state index in [1.807, 2.05) is 24.3 Å². The smallest absolute Gasteiger partial charge is 0.224 e. The Morgan fingerprint density at radius 3 is 2.62 bits per heavy atom. The van der Waals surface area contributed by atoms with Gasteiger partial charge in [-0.3, -0.25) is 9.69 Å². The number of morpholine rings is 1. The molecule has 5 heteroatoms. The first-order valence-electron chi connectivity index (χ1n) is 7.50. The second-order valence-electron chi connectivity index (χ2n) is 5.52. The summed E-state index contributed by atoms with van der Waals surface area (Å²) in [6.07, 6.45) is 0.389. The summed E-state index contributed by atoms with van der Waals surface area (Å²) in [7, 11) is 0. The van der Waals surface area contributed by atoms with E-state index in [0.717, 1.165) is 38.5 Å². The fourth-order valence-electron chi connectivity index (χ4n) is 2.27. The molecule has 0 aliphatic carbocycles. The molecule has 116 valence electrons. The van der Waals surface area contributed by atoms with Crippen LogP contribution in [0.1, 0.15) is 25.3 Å². The van der Waals surface area contributed by atoms with E-state index in [-0.39, 0.29) is 5.91 Å². The van der Waals surface area contributed by atoms with Crippen molar-refractivity contribution in [3.05, 3.63) is 29.8 Å². The van der Waals surface area contributed by atoms with Gasteiger partial charge in [-0.05, 0) is 31.0 Å². The topological polar surface area (TPSA) is 61.8 Å². The lowest BCUT2D eigenvalue weighted by Crippen LogP contribution is -2.35. The number of hydrogen-bond donors (Lipinski definition) is 2. The number of hydrogen-bond acceptors (Lipinski definition) is 4. The summed E-state index contributed by atoms with van der Waals surface area (Å²) >= 11 is 0. The van der Waals surface area contributed by atoms with Crippen LogP contribution in [0.2, 0.25) is 0 Å². The molecule has 1 saturated heterocycles. The van der Waals surface area contributed by atoms with E-state index in [9.17, 15) is 4.79 Å². The third-order valence-corrected chi connectivity index (χ3v) is 3.54. The minimum Gasteiger partial charge on any atom is -0.393 e. The third-order valence-electron chi connectivity index (χ3n) is 3.54. The molecule has 1 atom stereocenters. The quantitative estimate of drug-likeness (QED) is 0.836. The van der Waals surface area contributed by atoms with Crippen molar-refractivity contribution in [3.63, 3.8) is 0 Å². The van der Waals surface area contributed by atoms with Crippen LogP contribution in [0.15, 0.2) is 24.3 Å². The van der Waals surface area contributed by atoms with Crippen LogP contribution < -0.4 is 5.32 Å². The van der Waals surface area contributed by atoms with Gasteiger partial charge >= 0.3 is 0 Å². The number of rotatable bonds is 6. The van der Waals surface area contributed by atoms with Crippen molar-refractivity contribution in [1.29, 1.82) is 0 Å². The molecule has 1 heterocycles. The highest BCUT2D eigenvalue weighted by atomic mass is 16.5. The molecule has 21 heavy (non-hydrogen) atoms. The largest absolute Gasteiger partial charge is 0.393 e. The van der Waals surface area contributed by atoms with Gasteiger partial charge in [-0.25, -0.2) is 0 Å². The van der Waals surface area contributed by atoms with E-state index in [1.165, 1.54) is 5.56 Å². The normalized spacial score (nSPS) is 17.4. The Bertz CT molecular complexity index is 439. The number of benzene rings is 1. The molecule has 1 aliphatic heterocycles. The number of carbonyl (C=O) groups excluding carboxylic acids is 1. The number of aliphatic hydroxyl groups excluding tert-OH is 1. The number of nitrogens with one attached hydrogen (secondary N) is 1. The zero-order valence-corrected chi connectivity index (χ0v) is 12.5. The molecule has 0 radical (unpaired) electrons. The molecule has 1 aliphatic rings. The van der Waals surface area contributed by atoms with E-state index >= 15 is 0 Å². The monoisotopic (exact) mass is 292 g/mol. The molecule has 0 aromatic heterocycles. The predicted octanol–water partition coefficient (Wildman–Crippen LogP) is 1.62. The average Bonchev–Trinajstić information content (AvgIpc) is 2.48. The van der Waals surface area contributed by atoms with Crippen molar-refractivity contribution in [3.8, 4) is 0 Å². The Kier molecular flexibility index (Phi) is 6.17. The Balaban J connectivity index is 1.79. The zero-order chi connectivity index (χ0) is 15.1. The molecule has 1 aromatic rings. The van der Waals surface area contributed by atoms with Crippen molar-refractivity contribution in [2.45, 2.75) is 32.4 Å². The van der Waals surface area contributed by atoms with Crippen LogP contribution in [0.3, 0.4) is 0 Å². The molecule has 2 N–H and O–H groups in total. The lowest BCUT2D eigenvalue weighted by Gasteiger charge is -2.26. The minimum atomic E-state index is -0.438. The van der Waals surface area contributed by atoms with Gasteiger partial charge in [0, 0.05) is 31.7 Å². The molecule has 1 fully saturated rings. The van der Waals surface area contributed by atoms with Crippen LogP contribution >= 0.6 is 0 Å². The summed E-state index contributed by atoms with van der Waals surface area (Å²) in [6.45, 7) is 6.15. The first kappa shape index (κ1) is 15.9. The fraction of sp³-hybridized carbons (Fsp3) is 0.562. The molecule has 0 spiro atoms. The van der Waals surface area contributed by atoms with E-state index in [0.29, 0.717) is 12.8 Å². The van der Waals surface area contributed by atoms with Crippen molar-refractivity contribution < 1.29 is 14.6 Å². The van der Waals surface area contributed by atoms with Crippen molar-refractivity contribution in [1.82, 2.24) is 4.90 Å². The van der Waals surface area contributed by atoms with E-state index < -0.39 is 6.10 Å². The highest BCUT2D eigenvalue weighted by Crippen LogP contribution is 2.13. The number of amides is 1. The fourth-order valence-corrected chi connectivity index (χ4v) is 2.27. The van der Waals surface area contributed by atoms with Gasteiger partial charge in [0.05, 0.1) is 19.3 Å². The average molecular weight is 292 g/mol. The van der Waals surface area contributed by atoms with Crippen molar-refractivity contribution in [2.24, 2.45) is 0 Å². The second kappa shape index (κ2) is 8.12. The van der Waals surface area contributed by atoms with Crippen LogP contribution in [0.4, 0.5) is 5.69 Å². The van der Waals surface area contributed by atoms with Gasteiger partial charge in [0.25, 0.3) is 0 Å². The molecule has 1 unspecified atom stereocenters. The highest BCUT2D eigenvalue weighted by Gasteiger charge is 2.10. The number of carbonyl (C=O) groups is 1. The molecule has 5 nitrogen and oxygen atoms in total. The molecule has 1 aromatic carbocycles. The maximum absolute atomic E-state index is 11.7. The second-order valence-corrected chi connectivity index (χ2v) is 5.52. The Hall–Kier alpha value is -1.43. The van der Waals surface area contributed by atoms with Gasteiger partial charge in [0.15, 0.2) is 0 Å². The molecule has 0 bridgehead atoms. The number of anilines is 1. The van der Waals surface area contributed by atoms with E-state index in [4.69, 9.17) is 9.84 Å². The maximum atomic E-state index is 11.7. The van der Waals surface area contributed by atoms with Gasteiger partial charge in [0.1, 0.15) is 0 Å². The lowest BCUT2D eigenvalue weighted by molar-refractivity contribution is -0.116. The van der Waals surface area contributed by atoms with E-state index in [2.05, 4.69) is 10.2 Å². The first-order valence-corrected chi connectivity index (χ1v) is 7.50. The van der Waals surface area contributed by atoms with Gasteiger partial charge in [-0.15, -0.1) is 0 Å². The minimum absolute atomic E-state index is 0.0585. The van der Waals surface area contributed by atoms with Gasteiger partial charge in [-0.1, -0.05) is 12.1 Å². The molecular weight excluding hydrogens is 268 g/mol. The van der Waals surface area contributed by atoms with Crippen LogP contribution in [-0.2, 0) is 16.1 Å². The Morgan fingerprint density at radius 1 is 1.33 bits per heavy atom. The Morgan fingerprint density at radius 2 is 2.00 bits per heavy atom. The molecular formula is C16H24N2O3. The summed E-state index contributed by atoms with van der Waals surface area (Å²) in [5.41, 5.74) is 2.04. The highest BCUT2D eigenvalue weighted by molar-refractivity contribution is 5.90. The van der Waals surface area contributed by atoms with Crippen LogP contribution in [-0.4, -0.2) is 48.3 Å². The van der Waals surface area contributed by atoms with Crippen LogP contribution in [0.5, 0.6) is 0 Å². The maximum Gasteiger partial charge on any atom is 0.224 e. The molecule has 1 amide bonds. The summed E-state index contributed by atoms with van der Waals surface area (Å²) in [4.78, 5) is 14.0. The van der Waals surface area contributed by atoms with Crippen molar-refractivity contribution >= 4 is 11.6 Å². The van der Waals surface area contributed by atoms with Crippen LogP contribution in [0, 0.1) is 0 Å². The lowest BCUT2D eigenvalue weighted by atomic mass is 10.1. The molecule has 2 rings (SSSR count). The van der Waals surface area contributed by atoms with E-state index in [1.54, 1.807) is 6.92 Å².